The normalized spacial score (nSPS) is 12.0. The highest BCUT2D eigenvalue weighted by atomic mass is 19.4. The molecule has 0 radical (unpaired) electrons. The summed E-state index contributed by atoms with van der Waals surface area (Å²) in [5.74, 6) is 0.512. The van der Waals surface area contributed by atoms with Gasteiger partial charge in [-0.3, -0.25) is 4.57 Å². The van der Waals surface area contributed by atoms with E-state index in [1.165, 1.54) is 12.4 Å². The van der Waals surface area contributed by atoms with E-state index in [-0.39, 0.29) is 5.52 Å². The lowest BCUT2D eigenvalue weighted by molar-refractivity contribution is -0.137. The number of benzene rings is 1. The average Bonchev–Trinajstić information content (AvgIpc) is 2.81. The van der Waals surface area contributed by atoms with Crippen molar-refractivity contribution < 1.29 is 13.2 Å². The van der Waals surface area contributed by atoms with Gasteiger partial charge in [-0.2, -0.15) is 18.3 Å². The van der Waals surface area contributed by atoms with Gasteiger partial charge in [0, 0.05) is 0 Å². The van der Waals surface area contributed by atoms with Gasteiger partial charge in [-0.05, 0) is 37.3 Å². The number of rotatable bonds is 1. The number of hydrogen-bond acceptors (Lipinski definition) is 3. The van der Waals surface area contributed by atoms with Crippen molar-refractivity contribution >= 4 is 11.0 Å². The van der Waals surface area contributed by atoms with Gasteiger partial charge in [0.05, 0.1) is 22.3 Å². The minimum absolute atomic E-state index is 0.266. The zero-order valence-corrected chi connectivity index (χ0v) is 10.4. The smallest absolute Gasteiger partial charge is 0.281 e. The summed E-state index contributed by atoms with van der Waals surface area (Å²) in [6.07, 6.45) is -2.94. The van der Waals surface area contributed by atoms with Gasteiger partial charge in [0.2, 0.25) is 0 Å². The molecule has 3 rings (SSSR count). The number of aromatic nitrogens is 4. The largest absolute Gasteiger partial charge is 0.416 e. The fourth-order valence-electron chi connectivity index (χ4n) is 1.89. The van der Waals surface area contributed by atoms with Gasteiger partial charge in [0.25, 0.3) is 0 Å². The molecule has 0 aliphatic carbocycles. The summed E-state index contributed by atoms with van der Waals surface area (Å²) < 4.78 is 39.5. The first-order valence-electron chi connectivity index (χ1n) is 5.80. The van der Waals surface area contributed by atoms with Gasteiger partial charge in [0.1, 0.15) is 6.33 Å². The number of aryl methyl sites for hydroxylation is 1. The fourth-order valence-corrected chi connectivity index (χ4v) is 1.89. The van der Waals surface area contributed by atoms with Gasteiger partial charge in [-0.25, -0.2) is 4.98 Å². The third kappa shape index (κ3) is 2.11. The number of fused-ring (bicyclic) bond motifs is 1. The molecule has 4 nitrogen and oxygen atoms in total. The first kappa shape index (κ1) is 12.6. The van der Waals surface area contributed by atoms with Crippen LogP contribution in [0.5, 0.6) is 0 Å². The van der Waals surface area contributed by atoms with E-state index >= 15 is 0 Å². The van der Waals surface area contributed by atoms with Crippen LogP contribution in [0.15, 0.2) is 36.7 Å². The second kappa shape index (κ2) is 4.29. The Morgan fingerprint density at radius 2 is 1.85 bits per heavy atom. The van der Waals surface area contributed by atoms with E-state index < -0.39 is 11.7 Å². The molecule has 0 saturated carbocycles. The Labute approximate surface area is 111 Å². The molecular formula is C13H9F3N4. The molecule has 0 fully saturated rings. The second-order valence-electron chi connectivity index (χ2n) is 4.35. The molecule has 2 heterocycles. The van der Waals surface area contributed by atoms with Gasteiger partial charge >= 0.3 is 6.18 Å². The molecule has 102 valence electrons. The summed E-state index contributed by atoms with van der Waals surface area (Å²) in [6.45, 7) is 1.80. The van der Waals surface area contributed by atoms with Crippen LogP contribution in [0, 0.1) is 6.92 Å². The molecule has 0 amide bonds. The highest BCUT2D eigenvalue weighted by molar-refractivity contribution is 5.77. The van der Waals surface area contributed by atoms with Crippen molar-refractivity contribution in [3.8, 4) is 5.82 Å². The molecule has 20 heavy (non-hydrogen) atoms. The van der Waals surface area contributed by atoms with Crippen molar-refractivity contribution in [2.45, 2.75) is 13.1 Å². The molecule has 0 saturated heterocycles. The van der Waals surface area contributed by atoms with Gasteiger partial charge in [0.15, 0.2) is 5.82 Å². The Hall–Kier alpha value is -2.44. The van der Waals surface area contributed by atoms with Crippen LogP contribution in [0.25, 0.3) is 16.9 Å². The van der Waals surface area contributed by atoms with E-state index in [2.05, 4.69) is 15.2 Å². The summed E-state index contributed by atoms with van der Waals surface area (Å²) in [5, 5.41) is 7.91. The van der Waals surface area contributed by atoms with Crippen LogP contribution >= 0.6 is 0 Å². The van der Waals surface area contributed by atoms with Gasteiger partial charge in [-0.15, -0.1) is 5.10 Å². The molecule has 0 spiro atoms. The molecular weight excluding hydrogens is 269 g/mol. The standard InChI is InChI=1S/C13H9F3N4/c1-8-2-5-12(19-18-8)20-7-17-10-6-9(13(14,15)16)3-4-11(10)20/h2-7H,1H3. The van der Waals surface area contributed by atoms with Crippen molar-refractivity contribution in [3.05, 3.63) is 47.9 Å². The third-order valence-electron chi connectivity index (χ3n) is 2.91. The molecule has 0 atom stereocenters. The van der Waals surface area contributed by atoms with Crippen molar-refractivity contribution in [1.82, 2.24) is 19.7 Å². The van der Waals surface area contributed by atoms with Crippen molar-refractivity contribution in [1.29, 1.82) is 0 Å². The van der Waals surface area contributed by atoms with E-state index in [0.717, 1.165) is 17.8 Å². The van der Waals surface area contributed by atoms with Crippen LogP contribution in [0.4, 0.5) is 13.2 Å². The Morgan fingerprint density at radius 1 is 1.05 bits per heavy atom. The van der Waals surface area contributed by atoms with Gasteiger partial charge < -0.3 is 0 Å². The maximum Gasteiger partial charge on any atom is 0.416 e. The van der Waals surface area contributed by atoms with E-state index in [1.54, 1.807) is 23.6 Å². The molecule has 0 aliphatic heterocycles. The minimum atomic E-state index is -4.37. The van der Waals surface area contributed by atoms with E-state index in [1.807, 2.05) is 0 Å². The number of alkyl halides is 3. The molecule has 2 aromatic heterocycles. The Kier molecular flexibility index (Phi) is 2.70. The third-order valence-corrected chi connectivity index (χ3v) is 2.91. The fraction of sp³-hybridized carbons (Fsp3) is 0.154. The van der Waals surface area contributed by atoms with Crippen LogP contribution in [0.2, 0.25) is 0 Å². The van der Waals surface area contributed by atoms with Crippen LogP contribution in [-0.2, 0) is 6.18 Å². The minimum Gasteiger partial charge on any atom is -0.281 e. The maximum absolute atomic E-state index is 12.6. The molecule has 0 bridgehead atoms. The molecule has 1 aromatic carbocycles. The molecule has 0 aliphatic rings. The topological polar surface area (TPSA) is 43.6 Å². The lowest BCUT2D eigenvalue weighted by Crippen LogP contribution is -2.04. The monoisotopic (exact) mass is 278 g/mol. The maximum atomic E-state index is 12.6. The van der Waals surface area contributed by atoms with Crippen LogP contribution in [0.1, 0.15) is 11.3 Å². The average molecular weight is 278 g/mol. The summed E-state index contributed by atoms with van der Waals surface area (Å²) in [6, 6.07) is 6.95. The SMILES string of the molecule is Cc1ccc(-n2cnc3cc(C(F)(F)F)ccc32)nn1. The predicted octanol–water partition coefficient (Wildman–Crippen LogP) is 3.14. The van der Waals surface area contributed by atoms with E-state index in [4.69, 9.17) is 0 Å². The second-order valence-corrected chi connectivity index (χ2v) is 4.35. The zero-order chi connectivity index (χ0) is 14.3. The van der Waals surface area contributed by atoms with Crippen LogP contribution < -0.4 is 0 Å². The first-order chi connectivity index (χ1) is 9.45. The summed E-state index contributed by atoms with van der Waals surface area (Å²) in [7, 11) is 0. The summed E-state index contributed by atoms with van der Waals surface area (Å²) in [5.41, 5.74) is 0.862. The lowest BCUT2D eigenvalue weighted by atomic mass is 10.2. The van der Waals surface area contributed by atoms with Crippen molar-refractivity contribution in [2.24, 2.45) is 0 Å². The summed E-state index contributed by atoms with van der Waals surface area (Å²) >= 11 is 0. The van der Waals surface area contributed by atoms with Crippen molar-refractivity contribution in [3.63, 3.8) is 0 Å². The molecule has 0 N–H and O–H groups in total. The highest BCUT2D eigenvalue weighted by Gasteiger charge is 2.30. The number of hydrogen-bond donors (Lipinski definition) is 0. The number of nitrogens with zero attached hydrogens (tertiary/aromatic N) is 4. The summed E-state index contributed by atoms with van der Waals surface area (Å²) in [4.78, 5) is 3.99. The van der Waals surface area contributed by atoms with Gasteiger partial charge in [-0.1, -0.05) is 0 Å². The quantitative estimate of drug-likeness (QED) is 0.686. The molecule has 3 aromatic rings. The first-order valence-corrected chi connectivity index (χ1v) is 5.80. The predicted molar refractivity (Wildman–Crippen MR) is 66.4 cm³/mol. The highest BCUT2D eigenvalue weighted by Crippen LogP contribution is 2.31. The van der Waals surface area contributed by atoms with E-state index in [9.17, 15) is 13.2 Å². The van der Waals surface area contributed by atoms with E-state index in [0.29, 0.717) is 11.3 Å². The zero-order valence-electron chi connectivity index (χ0n) is 10.4. The Balaban J connectivity index is 2.13. The molecule has 0 unspecified atom stereocenters. The Bertz CT molecular complexity index is 759. The number of imidazole rings is 1. The molecule has 7 heteroatoms. The number of halogens is 3. The lowest BCUT2D eigenvalue weighted by Gasteiger charge is -2.06. The van der Waals surface area contributed by atoms with Crippen LogP contribution in [0.3, 0.4) is 0 Å². The van der Waals surface area contributed by atoms with Crippen LogP contribution in [-0.4, -0.2) is 19.7 Å². The van der Waals surface area contributed by atoms with Crippen molar-refractivity contribution in [2.75, 3.05) is 0 Å². The Morgan fingerprint density at radius 3 is 2.50 bits per heavy atom.